The number of rotatable bonds is 3. The van der Waals surface area contributed by atoms with Gasteiger partial charge in [0.1, 0.15) is 5.78 Å². The fraction of sp³-hybridized carbons (Fsp3) is 0.938. The maximum Gasteiger partial charge on any atom is 0.137 e. The van der Waals surface area contributed by atoms with Gasteiger partial charge in [0.05, 0.1) is 0 Å². The second-order valence-corrected chi connectivity index (χ2v) is 6.62. The number of Topliss-reactive ketones (excluding diaryl/α,β-unsaturated/α-hetero) is 1. The standard InChI is InChI=1S/C16H29NO/c1-13-8-10-15(11-9-13)17(2)12-14-6-4-3-5-7-16(14)18/h13-15H,3-12H2,1-2H3. The molecular weight excluding hydrogens is 222 g/mol. The molecule has 0 aromatic rings. The van der Waals surface area contributed by atoms with E-state index in [-0.39, 0.29) is 0 Å². The van der Waals surface area contributed by atoms with Crippen molar-refractivity contribution in [3.05, 3.63) is 0 Å². The number of hydrogen-bond acceptors (Lipinski definition) is 2. The lowest BCUT2D eigenvalue weighted by molar-refractivity contribution is -0.123. The van der Waals surface area contributed by atoms with Crippen LogP contribution >= 0.6 is 0 Å². The van der Waals surface area contributed by atoms with Crippen LogP contribution in [0.3, 0.4) is 0 Å². The van der Waals surface area contributed by atoms with Crippen molar-refractivity contribution >= 4 is 5.78 Å². The summed E-state index contributed by atoms with van der Waals surface area (Å²) in [6.45, 7) is 3.38. The van der Waals surface area contributed by atoms with Crippen LogP contribution in [0.1, 0.15) is 64.7 Å². The fourth-order valence-electron chi connectivity index (χ4n) is 3.60. The third kappa shape index (κ3) is 3.81. The second kappa shape index (κ2) is 6.70. The minimum atomic E-state index is 0.330. The van der Waals surface area contributed by atoms with E-state index >= 15 is 0 Å². The lowest BCUT2D eigenvalue weighted by atomic mass is 9.86. The van der Waals surface area contributed by atoms with Crippen LogP contribution in [-0.2, 0) is 4.79 Å². The molecule has 18 heavy (non-hydrogen) atoms. The lowest BCUT2D eigenvalue weighted by Crippen LogP contribution is -2.39. The normalized spacial score (nSPS) is 34.6. The Hall–Kier alpha value is -0.370. The highest BCUT2D eigenvalue weighted by molar-refractivity contribution is 5.81. The van der Waals surface area contributed by atoms with Crippen molar-refractivity contribution in [3.8, 4) is 0 Å². The van der Waals surface area contributed by atoms with Crippen molar-refractivity contribution in [3.63, 3.8) is 0 Å². The Kier molecular flexibility index (Phi) is 5.23. The van der Waals surface area contributed by atoms with Gasteiger partial charge in [0, 0.05) is 24.9 Å². The van der Waals surface area contributed by atoms with Gasteiger partial charge < -0.3 is 4.90 Å². The largest absolute Gasteiger partial charge is 0.303 e. The van der Waals surface area contributed by atoms with Gasteiger partial charge in [0.25, 0.3) is 0 Å². The van der Waals surface area contributed by atoms with Gasteiger partial charge >= 0.3 is 0 Å². The molecule has 1 unspecified atom stereocenters. The third-order valence-electron chi connectivity index (χ3n) is 5.05. The molecule has 0 spiro atoms. The highest BCUT2D eigenvalue weighted by Gasteiger charge is 2.26. The highest BCUT2D eigenvalue weighted by Crippen LogP contribution is 2.28. The van der Waals surface area contributed by atoms with Gasteiger partial charge in [-0.3, -0.25) is 4.79 Å². The van der Waals surface area contributed by atoms with Crippen LogP contribution < -0.4 is 0 Å². The van der Waals surface area contributed by atoms with E-state index in [4.69, 9.17) is 0 Å². The maximum atomic E-state index is 12.1. The summed E-state index contributed by atoms with van der Waals surface area (Å²) in [6, 6.07) is 0.734. The fourth-order valence-corrected chi connectivity index (χ4v) is 3.60. The molecule has 0 bridgehead atoms. The van der Waals surface area contributed by atoms with Crippen LogP contribution in [0.25, 0.3) is 0 Å². The van der Waals surface area contributed by atoms with Crippen LogP contribution in [-0.4, -0.2) is 30.3 Å². The van der Waals surface area contributed by atoms with Crippen molar-refractivity contribution < 1.29 is 4.79 Å². The molecule has 0 aromatic heterocycles. The van der Waals surface area contributed by atoms with Crippen molar-refractivity contribution in [1.29, 1.82) is 0 Å². The third-order valence-corrected chi connectivity index (χ3v) is 5.05. The summed E-state index contributed by atoms with van der Waals surface area (Å²) in [5.74, 6) is 1.77. The molecule has 2 saturated carbocycles. The van der Waals surface area contributed by atoms with E-state index in [9.17, 15) is 4.79 Å². The molecule has 2 nitrogen and oxygen atoms in total. The molecule has 2 aliphatic rings. The first-order valence-corrected chi connectivity index (χ1v) is 7.89. The molecule has 0 heterocycles. The Balaban J connectivity index is 1.82. The van der Waals surface area contributed by atoms with E-state index in [2.05, 4.69) is 18.9 Å². The topological polar surface area (TPSA) is 20.3 Å². The van der Waals surface area contributed by atoms with Crippen molar-refractivity contribution in [2.75, 3.05) is 13.6 Å². The quantitative estimate of drug-likeness (QED) is 0.714. The molecule has 2 fully saturated rings. The van der Waals surface area contributed by atoms with E-state index in [1.165, 1.54) is 38.5 Å². The molecule has 1 atom stereocenters. The summed E-state index contributed by atoms with van der Waals surface area (Å²) < 4.78 is 0. The van der Waals surface area contributed by atoms with Gasteiger partial charge in [-0.25, -0.2) is 0 Å². The monoisotopic (exact) mass is 251 g/mol. The zero-order chi connectivity index (χ0) is 13.0. The van der Waals surface area contributed by atoms with Crippen molar-refractivity contribution in [2.24, 2.45) is 11.8 Å². The van der Waals surface area contributed by atoms with Crippen LogP contribution in [0.5, 0.6) is 0 Å². The van der Waals surface area contributed by atoms with E-state index in [0.29, 0.717) is 11.7 Å². The van der Waals surface area contributed by atoms with Gasteiger partial charge in [0.2, 0.25) is 0 Å². The summed E-state index contributed by atoms with van der Waals surface area (Å²) in [6.07, 6.45) is 11.0. The van der Waals surface area contributed by atoms with Crippen LogP contribution in [0.15, 0.2) is 0 Å². The number of carbonyl (C=O) groups is 1. The SMILES string of the molecule is CC1CCC(N(C)CC2CCCCCC2=O)CC1. The Labute approximate surface area is 112 Å². The number of ketones is 1. The summed E-state index contributed by atoms with van der Waals surface area (Å²) in [5, 5.41) is 0. The molecule has 0 aromatic carbocycles. The Morgan fingerprint density at radius 1 is 1.06 bits per heavy atom. The minimum absolute atomic E-state index is 0.330. The highest BCUT2D eigenvalue weighted by atomic mass is 16.1. The molecule has 0 radical (unpaired) electrons. The van der Waals surface area contributed by atoms with Gasteiger partial charge in [0.15, 0.2) is 0 Å². The molecule has 2 heteroatoms. The molecular formula is C16H29NO. The maximum absolute atomic E-state index is 12.1. The summed E-state index contributed by atoms with van der Waals surface area (Å²) in [5.41, 5.74) is 0. The minimum Gasteiger partial charge on any atom is -0.303 e. The van der Waals surface area contributed by atoms with Gasteiger partial charge in [-0.1, -0.05) is 19.8 Å². The zero-order valence-corrected chi connectivity index (χ0v) is 12.2. The smallest absolute Gasteiger partial charge is 0.137 e. The van der Waals surface area contributed by atoms with Gasteiger partial charge in [-0.15, -0.1) is 0 Å². The molecule has 104 valence electrons. The molecule has 0 amide bonds. The Morgan fingerprint density at radius 3 is 2.50 bits per heavy atom. The summed E-state index contributed by atoms with van der Waals surface area (Å²) in [4.78, 5) is 14.5. The lowest BCUT2D eigenvalue weighted by Gasteiger charge is -2.35. The Morgan fingerprint density at radius 2 is 1.78 bits per heavy atom. The first-order valence-electron chi connectivity index (χ1n) is 7.89. The predicted octanol–water partition coefficient (Wildman–Crippen LogP) is 3.65. The van der Waals surface area contributed by atoms with E-state index < -0.39 is 0 Å². The zero-order valence-electron chi connectivity index (χ0n) is 12.2. The average molecular weight is 251 g/mol. The number of hydrogen-bond donors (Lipinski definition) is 0. The van der Waals surface area contributed by atoms with Crippen LogP contribution in [0.4, 0.5) is 0 Å². The molecule has 0 N–H and O–H groups in total. The average Bonchev–Trinajstić information content (AvgIpc) is 2.56. The second-order valence-electron chi connectivity index (χ2n) is 6.62. The molecule has 2 rings (SSSR count). The van der Waals surface area contributed by atoms with Crippen LogP contribution in [0, 0.1) is 11.8 Å². The molecule has 2 aliphatic carbocycles. The number of carbonyl (C=O) groups excluding carboxylic acids is 1. The van der Waals surface area contributed by atoms with Gasteiger partial charge in [-0.05, 0) is 51.5 Å². The molecule has 0 saturated heterocycles. The van der Waals surface area contributed by atoms with Gasteiger partial charge in [-0.2, -0.15) is 0 Å². The predicted molar refractivity (Wildman–Crippen MR) is 75.6 cm³/mol. The van der Waals surface area contributed by atoms with E-state index in [0.717, 1.165) is 37.8 Å². The van der Waals surface area contributed by atoms with Crippen LogP contribution in [0.2, 0.25) is 0 Å². The van der Waals surface area contributed by atoms with E-state index in [1.807, 2.05) is 0 Å². The van der Waals surface area contributed by atoms with E-state index in [1.54, 1.807) is 0 Å². The Bertz CT molecular complexity index is 268. The summed E-state index contributed by atoms with van der Waals surface area (Å²) in [7, 11) is 2.23. The first kappa shape index (κ1) is 14.0. The van der Waals surface area contributed by atoms with Crippen molar-refractivity contribution in [2.45, 2.75) is 70.8 Å². The molecule has 0 aliphatic heterocycles. The summed E-state index contributed by atoms with van der Waals surface area (Å²) >= 11 is 0. The number of nitrogens with zero attached hydrogens (tertiary/aromatic N) is 1. The van der Waals surface area contributed by atoms with Crippen molar-refractivity contribution in [1.82, 2.24) is 4.90 Å². The first-order chi connectivity index (χ1) is 8.66.